The van der Waals surface area contributed by atoms with Gasteiger partial charge in [-0.15, -0.1) is 0 Å². The van der Waals surface area contributed by atoms with Crippen LogP contribution in [-0.4, -0.2) is 44.2 Å². The topological polar surface area (TPSA) is 75.7 Å². The molecule has 6 heteroatoms. The number of hydrogen-bond acceptors (Lipinski definition) is 4. The van der Waals surface area contributed by atoms with E-state index in [9.17, 15) is 14.4 Å². The molecule has 102 valence electrons. The fraction of sp³-hybridized carbons (Fsp3) is 0.308. The zero-order valence-corrected chi connectivity index (χ0v) is 10.9. The Morgan fingerprint density at radius 3 is 2.68 bits per heavy atom. The molecule has 19 heavy (non-hydrogen) atoms. The first-order valence-corrected chi connectivity index (χ1v) is 5.68. The summed E-state index contributed by atoms with van der Waals surface area (Å²) in [7, 11) is 2.97. The minimum atomic E-state index is -0.351. The van der Waals surface area contributed by atoms with Crippen LogP contribution in [0.1, 0.15) is 15.9 Å². The summed E-state index contributed by atoms with van der Waals surface area (Å²) in [5.41, 5.74) is 1.15. The van der Waals surface area contributed by atoms with Crippen molar-refractivity contribution in [3.8, 4) is 5.75 Å². The third-order valence-corrected chi connectivity index (χ3v) is 2.59. The molecule has 0 aliphatic carbocycles. The third kappa shape index (κ3) is 3.80. The summed E-state index contributed by atoms with van der Waals surface area (Å²) in [5, 5.41) is 2.46. The van der Waals surface area contributed by atoms with E-state index in [1.54, 1.807) is 18.2 Å². The normalized spacial score (nSPS) is 9.58. The molecule has 1 aromatic rings. The van der Waals surface area contributed by atoms with Crippen LogP contribution >= 0.6 is 0 Å². The number of ether oxygens (including phenoxy) is 1. The summed E-state index contributed by atoms with van der Waals surface area (Å²) in [5.74, 6) is 0.473. The Balaban J connectivity index is 2.93. The van der Waals surface area contributed by atoms with Gasteiger partial charge in [0.2, 0.25) is 0 Å². The van der Waals surface area contributed by atoms with Crippen molar-refractivity contribution in [3.63, 3.8) is 0 Å². The molecule has 0 heterocycles. The van der Waals surface area contributed by atoms with Gasteiger partial charge in [0, 0.05) is 13.6 Å². The molecule has 1 rings (SSSR count). The second-order valence-corrected chi connectivity index (χ2v) is 3.80. The molecule has 2 amide bonds. The van der Waals surface area contributed by atoms with Gasteiger partial charge in [-0.1, -0.05) is 6.07 Å². The molecule has 1 aromatic carbocycles. The zero-order valence-electron chi connectivity index (χ0n) is 10.9. The molecule has 0 unspecified atom stereocenters. The number of methoxy groups -OCH3 is 1. The Morgan fingerprint density at radius 1 is 1.42 bits per heavy atom. The van der Waals surface area contributed by atoms with Crippen molar-refractivity contribution in [2.45, 2.75) is 6.54 Å². The average molecular weight is 264 g/mol. The van der Waals surface area contributed by atoms with Gasteiger partial charge in [0.05, 0.1) is 19.2 Å². The quantitative estimate of drug-likeness (QED) is 0.773. The van der Waals surface area contributed by atoms with Crippen LogP contribution in [0, 0.1) is 0 Å². The monoisotopic (exact) mass is 264 g/mol. The number of rotatable bonds is 6. The molecule has 0 fully saturated rings. The van der Waals surface area contributed by atoms with E-state index in [1.165, 1.54) is 19.1 Å². The highest BCUT2D eigenvalue weighted by Gasteiger charge is 2.12. The predicted octanol–water partition coefficient (Wildman–Crippen LogP) is 0.848. The SMILES string of the molecule is CNC(=O)N(CC=O)Cc1ccc(OC)c(C=O)c1. The average Bonchev–Trinajstić information content (AvgIpc) is 2.45. The molecular formula is C13H16N2O4. The first-order chi connectivity index (χ1) is 9.15. The zero-order chi connectivity index (χ0) is 14.3. The number of urea groups is 1. The summed E-state index contributed by atoms with van der Waals surface area (Å²) in [6.45, 7) is 0.228. The summed E-state index contributed by atoms with van der Waals surface area (Å²) >= 11 is 0. The number of hydrogen-bond donors (Lipinski definition) is 1. The molecule has 1 N–H and O–H groups in total. The largest absolute Gasteiger partial charge is 0.496 e. The highest BCUT2D eigenvalue weighted by atomic mass is 16.5. The Morgan fingerprint density at radius 2 is 2.16 bits per heavy atom. The number of nitrogens with zero attached hydrogens (tertiary/aromatic N) is 1. The molecule has 0 saturated carbocycles. The summed E-state index contributed by atoms with van der Waals surface area (Å²) in [6, 6.07) is 4.68. The van der Waals surface area contributed by atoms with Crippen LogP contribution in [0.15, 0.2) is 18.2 Å². The maximum atomic E-state index is 11.5. The van der Waals surface area contributed by atoms with Crippen molar-refractivity contribution >= 4 is 18.6 Å². The van der Waals surface area contributed by atoms with Gasteiger partial charge in [0.15, 0.2) is 6.29 Å². The predicted molar refractivity (Wildman–Crippen MR) is 69.3 cm³/mol. The Bertz CT molecular complexity index is 474. The van der Waals surface area contributed by atoms with Crippen molar-refractivity contribution in [1.29, 1.82) is 0 Å². The molecule has 0 aliphatic heterocycles. The van der Waals surface area contributed by atoms with E-state index in [4.69, 9.17) is 4.74 Å². The number of carbonyl (C=O) groups excluding carboxylic acids is 3. The molecule has 6 nitrogen and oxygen atoms in total. The van der Waals surface area contributed by atoms with Crippen LogP contribution in [0.2, 0.25) is 0 Å². The molecular weight excluding hydrogens is 248 g/mol. The van der Waals surface area contributed by atoms with Crippen LogP contribution in [-0.2, 0) is 11.3 Å². The van der Waals surface area contributed by atoms with Crippen molar-refractivity contribution < 1.29 is 19.1 Å². The molecule has 0 spiro atoms. The molecule has 0 bridgehead atoms. The third-order valence-electron chi connectivity index (χ3n) is 2.59. The van der Waals surface area contributed by atoms with E-state index >= 15 is 0 Å². The van der Waals surface area contributed by atoms with E-state index in [2.05, 4.69) is 5.32 Å². The van der Waals surface area contributed by atoms with Crippen LogP contribution in [0.3, 0.4) is 0 Å². The van der Waals surface area contributed by atoms with Crippen LogP contribution in [0.25, 0.3) is 0 Å². The lowest BCUT2D eigenvalue weighted by Gasteiger charge is -2.20. The van der Waals surface area contributed by atoms with E-state index in [-0.39, 0.29) is 19.1 Å². The fourth-order valence-corrected chi connectivity index (χ4v) is 1.66. The van der Waals surface area contributed by atoms with Crippen molar-refractivity contribution in [2.24, 2.45) is 0 Å². The molecule has 0 radical (unpaired) electrons. The van der Waals surface area contributed by atoms with E-state index in [0.29, 0.717) is 23.9 Å². The summed E-state index contributed by atoms with van der Waals surface area (Å²) in [6.07, 6.45) is 1.34. The van der Waals surface area contributed by atoms with Crippen LogP contribution < -0.4 is 10.1 Å². The molecule has 0 aliphatic rings. The van der Waals surface area contributed by atoms with Crippen molar-refractivity contribution in [2.75, 3.05) is 20.7 Å². The Kier molecular flexibility index (Phi) is 5.53. The first-order valence-electron chi connectivity index (χ1n) is 5.68. The molecule has 0 atom stereocenters. The van der Waals surface area contributed by atoms with Crippen LogP contribution in [0.4, 0.5) is 4.79 Å². The van der Waals surface area contributed by atoms with Gasteiger partial charge in [-0.05, 0) is 17.7 Å². The summed E-state index contributed by atoms with van der Waals surface area (Å²) < 4.78 is 5.03. The van der Waals surface area contributed by atoms with Gasteiger partial charge in [-0.25, -0.2) is 4.79 Å². The number of aldehydes is 2. The second kappa shape index (κ2) is 7.15. The lowest BCUT2D eigenvalue weighted by Crippen LogP contribution is -2.38. The second-order valence-electron chi connectivity index (χ2n) is 3.80. The lowest BCUT2D eigenvalue weighted by molar-refractivity contribution is -0.108. The highest BCUT2D eigenvalue weighted by molar-refractivity contribution is 5.80. The minimum absolute atomic E-state index is 0.0118. The van der Waals surface area contributed by atoms with E-state index < -0.39 is 0 Å². The lowest BCUT2D eigenvalue weighted by atomic mass is 10.1. The fourth-order valence-electron chi connectivity index (χ4n) is 1.66. The standard InChI is InChI=1S/C13H16N2O4/c1-14-13(18)15(5-6-16)8-10-3-4-12(19-2)11(7-10)9-17/h3-4,6-7,9H,5,8H2,1-2H3,(H,14,18). The van der Waals surface area contributed by atoms with Crippen molar-refractivity contribution in [1.82, 2.24) is 10.2 Å². The minimum Gasteiger partial charge on any atom is -0.496 e. The number of nitrogens with one attached hydrogen (secondary N) is 1. The number of amides is 2. The summed E-state index contributed by atoms with van der Waals surface area (Å²) in [4.78, 5) is 34.3. The van der Waals surface area contributed by atoms with Gasteiger partial charge in [-0.3, -0.25) is 4.79 Å². The Labute approximate surface area is 111 Å². The van der Waals surface area contributed by atoms with Gasteiger partial charge in [0.25, 0.3) is 0 Å². The first kappa shape index (κ1) is 14.7. The van der Waals surface area contributed by atoms with Gasteiger partial charge >= 0.3 is 6.03 Å². The van der Waals surface area contributed by atoms with Gasteiger partial charge in [0.1, 0.15) is 12.0 Å². The highest BCUT2D eigenvalue weighted by Crippen LogP contribution is 2.18. The molecule has 0 aromatic heterocycles. The maximum absolute atomic E-state index is 11.5. The smallest absolute Gasteiger partial charge is 0.317 e. The van der Waals surface area contributed by atoms with Gasteiger partial charge in [-0.2, -0.15) is 0 Å². The number of carbonyl (C=O) groups is 3. The van der Waals surface area contributed by atoms with Gasteiger partial charge < -0.3 is 19.7 Å². The van der Waals surface area contributed by atoms with E-state index in [0.717, 1.165) is 5.56 Å². The number of benzene rings is 1. The maximum Gasteiger partial charge on any atom is 0.317 e. The van der Waals surface area contributed by atoms with E-state index in [1.807, 2.05) is 0 Å². The molecule has 0 saturated heterocycles. The van der Waals surface area contributed by atoms with Crippen molar-refractivity contribution in [3.05, 3.63) is 29.3 Å². The van der Waals surface area contributed by atoms with Crippen LogP contribution in [0.5, 0.6) is 5.75 Å². The Hall–Kier alpha value is -2.37.